The molecule has 8 heteroatoms. The van der Waals surface area contributed by atoms with Crippen LogP contribution in [0.25, 0.3) is 0 Å². The van der Waals surface area contributed by atoms with E-state index < -0.39 is 36.2 Å². The number of carbonyl (C=O) groups is 2. The molecule has 1 N–H and O–H groups in total. The molecule has 2 aliphatic heterocycles. The average molecular weight is 537 g/mol. The minimum Gasteiger partial charge on any atom is -1.00 e. The summed E-state index contributed by atoms with van der Waals surface area (Å²) in [5.41, 5.74) is 0. The normalized spacial score (nSPS) is 21.9. The van der Waals surface area contributed by atoms with Gasteiger partial charge in [-0.1, -0.05) is 84.3 Å². The summed E-state index contributed by atoms with van der Waals surface area (Å²) in [6.07, 6.45) is 18.2. The second-order valence-electron chi connectivity index (χ2n) is 9.97. The fraction of sp³-hybridized carbons (Fsp3) is 0.786. The average Bonchev–Trinajstić information content (AvgIpc) is 3.43. The number of rotatable bonds is 18. The summed E-state index contributed by atoms with van der Waals surface area (Å²) in [6, 6.07) is 0. The summed E-state index contributed by atoms with van der Waals surface area (Å²) in [7, 11) is 0. The quantitative estimate of drug-likeness (QED) is 0.0925. The van der Waals surface area contributed by atoms with Crippen molar-refractivity contribution in [1.82, 2.24) is 0 Å². The zero-order valence-electron chi connectivity index (χ0n) is 24.7. The van der Waals surface area contributed by atoms with Crippen molar-refractivity contribution >= 4 is 49.7 Å². The molecule has 2 rings (SSSR count). The van der Waals surface area contributed by atoms with Crippen LogP contribution in [0.15, 0.2) is 23.7 Å². The molecule has 1 saturated heterocycles. The molecule has 0 aliphatic carbocycles. The van der Waals surface area contributed by atoms with Crippen molar-refractivity contribution in [2.45, 2.75) is 129 Å². The van der Waals surface area contributed by atoms with Gasteiger partial charge in [-0.3, -0.25) is 4.79 Å². The van der Waals surface area contributed by atoms with E-state index >= 15 is 0 Å². The number of hydrogen-bond donors (Lipinski definition) is 1. The zero-order chi connectivity index (χ0) is 25.5. The molecule has 0 aromatic heterocycles. The molecule has 2 aliphatic rings. The van der Waals surface area contributed by atoms with Gasteiger partial charge in [0.2, 0.25) is 11.5 Å². The predicted molar refractivity (Wildman–Crippen MR) is 143 cm³/mol. The largest absolute Gasteiger partial charge is 2.00 e. The van der Waals surface area contributed by atoms with Gasteiger partial charge in [0.15, 0.2) is 12.4 Å². The first-order valence-electron chi connectivity index (χ1n) is 13.7. The van der Waals surface area contributed by atoms with Crippen LogP contribution in [0.1, 0.15) is 114 Å². The monoisotopic (exact) mass is 536 g/mol. The Morgan fingerprint density at radius 1 is 1.03 bits per heavy atom. The summed E-state index contributed by atoms with van der Waals surface area (Å²) in [6.45, 7) is 6.35. The Labute approximate surface area is 250 Å². The Morgan fingerprint density at radius 3 is 2.19 bits per heavy atom. The van der Waals surface area contributed by atoms with Crippen molar-refractivity contribution in [2.75, 3.05) is 6.61 Å². The van der Waals surface area contributed by atoms with Crippen molar-refractivity contribution in [1.29, 1.82) is 0 Å². The van der Waals surface area contributed by atoms with E-state index in [2.05, 4.69) is 19.1 Å². The number of unbranched alkanes of at least 4 members (excludes halogenated alkanes) is 11. The van der Waals surface area contributed by atoms with E-state index in [4.69, 9.17) is 18.9 Å². The molecule has 204 valence electrons. The van der Waals surface area contributed by atoms with E-state index in [0.717, 1.165) is 25.7 Å². The van der Waals surface area contributed by atoms with Crippen LogP contribution in [-0.2, 0) is 28.5 Å². The molecule has 1 fully saturated rings. The van der Waals surface area contributed by atoms with E-state index in [9.17, 15) is 14.7 Å². The first-order valence-corrected chi connectivity index (χ1v) is 13.7. The second kappa shape index (κ2) is 19.5. The first kappa shape index (κ1) is 33.4. The number of aliphatic hydroxyl groups is 1. The predicted octanol–water partition coefficient (Wildman–Crippen LogP) is 6.50. The number of ether oxygens (including phenoxy) is 4. The molecule has 3 atom stereocenters. The van der Waals surface area contributed by atoms with Gasteiger partial charge in [0.25, 0.3) is 0 Å². The Hall–Kier alpha value is -0.600. The maximum Gasteiger partial charge on any atom is 2.00 e. The third kappa shape index (κ3) is 12.3. The van der Waals surface area contributed by atoms with Crippen molar-refractivity contribution in [2.24, 2.45) is 5.92 Å². The summed E-state index contributed by atoms with van der Waals surface area (Å²) < 4.78 is 21.8. The standard InChI is InChI=1S/C28H46O7.Ca.2H/c1-4-5-6-7-8-9-10-11-12-13-14-15-16-17-18-19-23(29)34-26-24(30)27(31)35-25(26)22-20-32-28(33-22)21(2)3;;;/h11-12,21-22,25,28,30H,4-10,13-20H2,1-3H3;;;/q;+2;2*-1/b12-11-;;;. The third-order valence-electron chi connectivity index (χ3n) is 6.40. The van der Waals surface area contributed by atoms with Crippen LogP contribution in [-0.4, -0.2) is 79.9 Å². The molecular weight excluding hydrogens is 488 g/mol. The Kier molecular flexibility index (Phi) is 18.1. The van der Waals surface area contributed by atoms with E-state index in [-0.39, 0.29) is 65.3 Å². The van der Waals surface area contributed by atoms with Gasteiger partial charge in [0.05, 0.1) is 6.61 Å². The van der Waals surface area contributed by atoms with Gasteiger partial charge in [-0.2, -0.15) is 0 Å². The van der Waals surface area contributed by atoms with Crippen molar-refractivity contribution in [3.05, 3.63) is 23.7 Å². The number of allylic oxidation sites excluding steroid dienone is 2. The fourth-order valence-electron chi connectivity index (χ4n) is 4.27. The molecule has 7 nitrogen and oxygen atoms in total. The maximum absolute atomic E-state index is 12.3. The molecule has 2 heterocycles. The smallest absolute Gasteiger partial charge is 1.00 e. The van der Waals surface area contributed by atoms with Crippen LogP contribution >= 0.6 is 0 Å². The first-order chi connectivity index (χ1) is 16.9. The van der Waals surface area contributed by atoms with Gasteiger partial charge in [0.1, 0.15) is 6.10 Å². The number of esters is 2. The van der Waals surface area contributed by atoms with E-state index in [1.165, 1.54) is 51.4 Å². The van der Waals surface area contributed by atoms with Gasteiger partial charge in [-0.05, 0) is 32.1 Å². The van der Waals surface area contributed by atoms with Crippen LogP contribution < -0.4 is 0 Å². The zero-order valence-corrected chi connectivity index (χ0v) is 24.9. The Balaban J connectivity index is 0. The molecule has 0 radical (unpaired) electrons. The van der Waals surface area contributed by atoms with Gasteiger partial charge in [0, 0.05) is 12.3 Å². The molecule has 0 bridgehead atoms. The third-order valence-corrected chi connectivity index (χ3v) is 6.40. The van der Waals surface area contributed by atoms with Crippen LogP contribution in [0.3, 0.4) is 0 Å². The molecule has 0 aromatic carbocycles. The number of hydrogen-bond acceptors (Lipinski definition) is 7. The fourth-order valence-corrected chi connectivity index (χ4v) is 4.27. The molecule has 0 amide bonds. The van der Waals surface area contributed by atoms with Crippen molar-refractivity contribution < 1.29 is 36.5 Å². The van der Waals surface area contributed by atoms with Crippen molar-refractivity contribution in [3.63, 3.8) is 0 Å². The van der Waals surface area contributed by atoms with Crippen LogP contribution in [0.2, 0.25) is 0 Å². The maximum atomic E-state index is 12.3. The molecule has 0 saturated carbocycles. The number of carbonyl (C=O) groups excluding carboxylic acids is 2. The van der Waals surface area contributed by atoms with Gasteiger partial charge in [-0.15, -0.1) is 0 Å². The molecule has 0 aromatic rings. The molecule has 36 heavy (non-hydrogen) atoms. The number of aliphatic hydroxyl groups excluding tert-OH is 1. The van der Waals surface area contributed by atoms with Gasteiger partial charge < -0.3 is 26.9 Å². The van der Waals surface area contributed by atoms with Crippen molar-refractivity contribution in [3.8, 4) is 0 Å². The van der Waals surface area contributed by atoms with Gasteiger partial charge in [-0.25, -0.2) is 4.79 Å². The number of cyclic esters (lactones) is 1. The van der Waals surface area contributed by atoms with E-state index in [1.54, 1.807) is 0 Å². The molecule has 3 unspecified atom stereocenters. The van der Waals surface area contributed by atoms with E-state index in [1.807, 2.05) is 13.8 Å². The van der Waals surface area contributed by atoms with Crippen LogP contribution in [0.5, 0.6) is 0 Å². The van der Waals surface area contributed by atoms with Crippen LogP contribution in [0.4, 0.5) is 0 Å². The summed E-state index contributed by atoms with van der Waals surface area (Å²) in [5, 5.41) is 10.0. The topological polar surface area (TPSA) is 91.3 Å². The summed E-state index contributed by atoms with van der Waals surface area (Å²) in [4.78, 5) is 24.1. The Bertz CT molecular complexity index is 715. The molecule has 0 spiro atoms. The minimum absolute atomic E-state index is 0. The Morgan fingerprint density at radius 2 is 1.61 bits per heavy atom. The van der Waals surface area contributed by atoms with E-state index in [0.29, 0.717) is 6.42 Å². The minimum atomic E-state index is -0.968. The second-order valence-corrected chi connectivity index (χ2v) is 9.97. The SMILES string of the molecule is CCCCCCCC/C=C\CCCCCCCC(=O)OC1=C(O)C(=O)OC1C1COC(C(C)C)O1.[Ca+2].[H-].[H-]. The summed E-state index contributed by atoms with van der Waals surface area (Å²) in [5.74, 6) is -2.08. The van der Waals surface area contributed by atoms with Gasteiger partial charge >= 0.3 is 49.7 Å². The van der Waals surface area contributed by atoms with Crippen LogP contribution in [0, 0.1) is 5.92 Å². The summed E-state index contributed by atoms with van der Waals surface area (Å²) >= 11 is 0. The molecular formula is C28H48CaO7.